The highest BCUT2D eigenvalue weighted by atomic mass is 16.5. The minimum Gasteiger partial charge on any atom is -0.381 e. The Morgan fingerprint density at radius 1 is 1.29 bits per heavy atom. The molecule has 1 aliphatic heterocycles. The molecule has 0 aromatic carbocycles. The van der Waals surface area contributed by atoms with Crippen LogP contribution in [0.3, 0.4) is 0 Å². The molecule has 0 saturated carbocycles. The fourth-order valence-corrected chi connectivity index (χ4v) is 1.95. The average molecular weight is 239 g/mol. The topological polar surface area (TPSA) is 74.2 Å². The average Bonchev–Trinajstić information content (AvgIpc) is 2.65. The van der Waals surface area contributed by atoms with Gasteiger partial charge in [-0.15, -0.1) is 0 Å². The van der Waals surface area contributed by atoms with E-state index in [2.05, 4.69) is 30.9 Å². The van der Waals surface area contributed by atoms with E-state index in [-0.39, 0.29) is 5.41 Å². The third-order valence-electron chi connectivity index (χ3n) is 2.97. The first-order valence-electron chi connectivity index (χ1n) is 6.09. The summed E-state index contributed by atoms with van der Waals surface area (Å²) in [6.07, 6.45) is 2.28. The zero-order chi connectivity index (χ0) is 12.5. The Balaban J connectivity index is 2.12. The Hall–Kier alpha value is -0.940. The first-order chi connectivity index (χ1) is 7.89. The SMILES string of the molecule is CC(C)(C)Cc1noc(C2(N)CCOCC2)n1. The Morgan fingerprint density at radius 3 is 2.53 bits per heavy atom. The maximum atomic E-state index is 6.28. The molecule has 0 amide bonds. The van der Waals surface area contributed by atoms with Gasteiger partial charge < -0.3 is 15.0 Å². The third kappa shape index (κ3) is 3.04. The van der Waals surface area contributed by atoms with Crippen LogP contribution in [0.1, 0.15) is 45.3 Å². The molecule has 2 heterocycles. The normalized spacial score (nSPS) is 20.5. The van der Waals surface area contributed by atoms with Gasteiger partial charge in [0, 0.05) is 19.6 Å². The highest BCUT2D eigenvalue weighted by Gasteiger charge is 2.36. The highest BCUT2D eigenvalue weighted by Crippen LogP contribution is 2.28. The molecule has 1 aromatic rings. The van der Waals surface area contributed by atoms with Crippen molar-refractivity contribution in [2.24, 2.45) is 11.1 Å². The fraction of sp³-hybridized carbons (Fsp3) is 0.833. The molecule has 5 heteroatoms. The zero-order valence-corrected chi connectivity index (χ0v) is 10.8. The van der Waals surface area contributed by atoms with Gasteiger partial charge in [-0.05, 0) is 18.3 Å². The largest absolute Gasteiger partial charge is 0.381 e. The van der Waals surface area contributed by atoms with Gasteiger partial charge in [-0.2, -0.15) is 4.98 Å². The number of ether oxygens (including phenoxy) is 1. The number of aromatic nitrogens is 2. The van der Waals surface area contributed by atoms with Gasteiger partial charge in [0.15, 0.2) is 5.82 Å². The number of rotatable bonds is 2. The van der Waals surface area contributed by atoms with Gasteiger partial charge in [0.2, 0.25) is 5.89 Å². The van der Waals surface area contributed by atoms with Crippen LogP contribution in [0.4, 0.5) is 0 Å². The summed E-state index contributed by atoms with van der Waals surface area (Å²) in [6, 6.07) is 0. The number of nitrogens with zero attached hydrogens (tertiary/aromatic N) is 2. The van der Waals surface area contributed by atoms with Gasteiger partial charge in [-0.25, -0.2) is 0 Å². The molecule has 0 radical (unpaired) electrons. The van der Waals surface area contributed by atoms with Crippen LogP contribution >= 0.6 is 0 Å². The lowest BCUT2D eigenvalue weighted by Crippen LogP contribution is -2.42. The quantitative estimate of drug-likeness (QED) is 0.849. The van der Waals surface area contributed by atoms with Crippen LogP contribution in [-0.4, -0.2) is 23.4 Å². The molecule has 96 valence electrons. The molecule has 1 aliphatic rings. The summed E-state index contributed by atoms with van der Waals surface area (Å²) >= 11 is 0. The van der Waals surface area contributed by atoms with Crippen LogP contribution < -0.4 is 5.73 Å². The van der Waals surface area contributed by atoms with Crippen molar-refractivity contribution >= 4 is 0 Å². The molecule has 17 heavy (non-hydrogen) atoms. The summed E-state index contributed by atoms with van der Waals surface area (Å²) < 4.78 is 10.6. The molecule has 0 unspecified atom stereocenters. The summed E-state index contributed by atoms with van der Waals surface area (Å²) in [5, 5.41) is 4.02. The Labute approximate surface area is 102 Å². The smallest absolute Gasteiger partial charge is 0.246 e. The van der Waals surface area contributed by atoms with E-state index in [1.54, 1.807) is 0 Å². The second kappa shape index (κ2) is 4.38. The van der Waals surface area contributed by atoms with Crippen molar-refractivity contribution in [2.45, 2.75) is 45.6 Å². The van der Waals surface area contributed by atoms with Gasteiger partial charge in [-0.3, -0.25) is 0 Å². The van der Waals surface area contributed by atoms with Gasteiger partial charge in [0.1, 0.15) is 5.54 Å². The summed E-state index contributed by atoms with van der Waals surface area (Å²) in [6.45, 7) is 7.77. The second-order valence-electron chi connectivity index (χ2n) is 6.02. The van der Waals surface area contributed by atoms with E-state index in [0.29, 0.717) is 19.1 Å². The van der Waals surface area contributed by atoms with E-state index in [4.69, 9.17) is 15.0 Å². The molecule has 0 atom stereocenters. The first kappa shape index (κ1) is 12.5. The van der Waals surface area contributed by atoms with Gasteiger partial charge in [-0.1, -0.05) is 25.9 Å². The lowest BCUT2D eigenvalue weighted by atomic mass is 9.90. The van der Waals surface area contributed by atoms with Crippen molar-refractivity contribution in [2.75, 3.05) is 13.2 Å². The van der Waals surface area contributed by atoms with E-state index in [1.165, 1.54) is 0 Å². The molecule has 2 N–H and O–H groups in total. The van der Waals surface area contributed by atoms with E-state index in [9.17, 15) is 0 Å². The van der Waals surface area contributed by atoms with Gasteiger partial charge >= 0.3 is 0 Å². The molecule has 5 nitrogen and oxygen atoms in total. The molecular weight excluding hydrogens is 218 g/mol. The van der Waals surface area contributed by atoms with Crippen LogP contribution in [0.2, 0.25) is 0 Å². The number of hydrogen-bond donors (Lipinski definition) is 1. The fourth-order valence-electron chi connectivity index (χ4n) is 1.95. The maximum Gasteiger partial charge on any atom is 0.246 e. The van der Waals surface area contributed by atoms with Crippen LogP contribution in [-0.2, 0) is 16.7 Å². The van der Waals surface area contributed by atoms with E-state index in [0.717, 1.165) is 25.1 Å². The minimum atomic E-state index is -0.499. The van der Waals surface area contributed by atoms with Crippen LogP contribution in [0.5, 0.6) is 0 Å². The predicted molar refractivity (Wildman–Crippen MR) is 63.4 cm³/mol. The van der Waals surface area contributed by atoms with Crippen molar-refractivity contribution < 1.29 is 9.26 Å². The van der Waals surface area contributed by atoms with E-state index < -0.39 is 5.54 Å². The Kier molecular flexibility index (Phi) is 3.23. The molecule has 0 spiro atoms. The maximum absolute atomic E-state index is 6.28. The second-order valence-corrected chi connectivity index (χ2v) is 6.02. The lowest BCUT2D eigenvalue weighted by molar-refractivity contribution is 0.0400. The van der Waals surface area contributed by atoms with Crippen molar-refractivity contribution in [3.63, 3.8) is 0 Å². The zero-order valence-electron chi connectivity index (χ0n) is 10.8. The van der Waals surface area contributed by atoms with E-state index >= 15 is 0 Å². The van der Waals surface area contributed by atoms with Crippen molar-refractivity contribution in [3.05, 3.63) is 11.7 Å². The van der Waals surface area contributed by atoms with Gasteiger partial charge in [0.25, 0.3) is 0 Å². The minimum absolute atomic E-state index is 0.151. The van der Waals surface area contributed by atoms with Crippen LogP contribution in [0.15, 0.2) is 4.52 Å². The van der Waals surface area contributed by atoms with Crippen molar-refractivity contribution in [1.82, 2.24) is 10.1 Å². The summed E-state index contributed by atoms with van der Waals surface area (Å²) in [4.78, 5) is 4.43. The monoisotopic (exact) mass is 239 g/mol. The molecule has 1 fully saturated rings. The number of nitrogens with two attached hydrogens (primary N) is 1. The summed E-state index contributed by atoms with van der Waals surface area (Å²) in [7, 11) is 0. The Bertz CT molecular complexity index is 375. The third-order valence-corrected chi connectivity index (χ3v) is 2.97. The van der Waals surface area contributed by atoms with E-state index in [1.807, 2.05) is 0 Å². The molecule has 2 rings (SSSR count). The molecular formula is C12H21N3O2. The molecule has 0 bridgehead atoms. The Morgan fingerprint density at radius 2 is 1.94 bits per heavy atom. The predicted octanol–water partition coefficient (Wildman–Crippen LogP) is 1.62. The van der Waals surface area contributed by atoms with Crippen LogP contribution in [0, 0.1) is 5.41 Å². The molecule has 1 saturated heterocycles. The summed E-state index contributed by atoms with van der Waals surface area (Å²) in [5.41, 5.74) is 5.93. The van der Waals surface area contributed by atoms with Gasteiger partial charge in [0.05, 0.1) is 0 Å². The standard InChI is InChI=1S/C12H21N3O2/c1-11(2,3)8-9-14-10(17-15-9)12(13)4-6-16-7-5-12/h4-8,13H2,1-3H3. The van der Waals surface area contributed by atoms with Crippen molar-refractivity contribution in [3.8, 4) is 0 Å². The molecule has 0 aliphatic carbocycles. The lowest BCUT2D eigenvalue weighted by Gasteiger charge is -2.29. The number of hydrogen-bond acceptors (Lipinski definition) is 5. The highest BCUT2D eigenvalue weighted by molar-refractivity contribution is 5.04. The summed E-state index contributed by atoms with van der Waals surface area (Å²) in [5.74, 6) is 1.30. The van der Waals surface area contributed by atoms with Crippen molar-refractivity contribution in [1.29, 1.82) is 0 Å². The molecule has 1 aromatic heterocycles. The first-order valence-corrected chi connectivity index (χ1v) is 6.09. The van der Waals surface area contributed by atoms with Crippen LogP contribution in [0.25, 0.3) is 0 Å².